The van der Waals surface area contributed by atoms with Gasteiger partial charge in [-0.3, -0.25) is 9.48 Å². The molecule has 0 bridgehead atoms. The molecule has 3 heterocycles. The second kappa shape index (κ2) is 9.46. The maximum Gasteiger partial charge on any atom is 0.273 e. The van der Waals surface area contributed by atoms with Crippen LogP contribution in [0.15, 0.2) is 71.5 Å². The SMILES string of the molecule is O=C1c2c(c(-c3ccccc3)nn2C2CCCC2)C(c2ccc(Br)cc2)N1CCCc1ncc[nH]1. The van der Waals surface area contributed by atoms with Crippen molar-refractivity contribution >= 4 is 21.8 Å². The number of benzene rings is 2. The van der Waals surface area contributed by atoms with Crippen LogP contribution in [0.3, 0.4) is 0 Å². The minimum Gasteiger partial charge on any atom is -0.349 e. The van der Waals surface area contributed by atoms with Gasteiger partial charge >= 0.3 is 0 Å². The quantitative estimate of drug-likeness (QED) is 0.304. The summed E-state index contributed by atoms with van der Waals surface area (Å²) in [5.74, 6) is 1.05. The molecule has 2 aliphatic rings. The van der Waals surface area contributed by atoms with E-state index in [1.807, 2.05) is 24.4 Å². The maximum absolute atomic E-state index is 14.1. The van der Waals surface area contributed by atoms with Gasteiger partial charge in [-0.1, -0.05) is 71.2 Å². The number of nitrogens with zero attached hydrogens (tertiary/aromatic N) is 4. The second-order valence-electron chi connectivity index (χ2n) is 9.45. The second-order valence-corrected chi connectivity index (χ2v) is 10.4. The van der Waals surface area contributed by atoms with Gasteiger partial charge in [0.2, 0.25) is 0 Å². The Morgan fingerprint density at radius 1 is 1.03 bits per heavy atom. The first-order valence-electron chi connectivity index (χ1n) is 12.4. The fraction of sp³-hybridized carbons (Fsp3) is 0.321. The van der Waals surface area contributed by atoms with E-state index in [1.165, 1.54) is 12.8 Å². The van der Waals surface area contributed by atoms with Crippen LogP contribution >= 0.6 is 15.9 Å². The number of halogens is 1. The van der Waals surface area contributed by atoms with Crippen LogP contribution in [0.25, 0.3) is 11.3 Å². The standard InChI is InChI=1S/C28H28BrN5O/c29-21-14-12-20(13-15-21)26-24-25(19-7-2-1-3-8-19)32-34(22-9-4-5-10-22)27(24)28(35)33(26)18-6-11-23-30-16-17-31-23/h1-3,7-8,12-17,22,26H,4-6,9-11,18H2,(H,30,31). The number of hydrogen-bond acceptors (Lipinski definition) is 3. The van der Waals surface area contributed by atoms with E-state index in [1.54, 1.807) is 6.20 Å². The highest BCUT2D eigenvalue weighted by Gasteiger charge is 2.44. The highest BCUT2D eigenvalue weighted by atomic mass is 79.9. The number of imidazole rings is 1. The molecule has 0 radical (unpaired) electrons. The topological polar surface area (TPSA) is 66.8 Å². The normalized spacial score (nSPS) is 17.9. The summed E-state index contributed by atoms with van der Waals surface area (Å²) in [5, 5.41) is 5.13. The van der Waals surface area contributed by atoms with Gasteiger partial charge in [-0.2, -0.15) is 5.10 Å². The van der Waals surface area contributed by atoms with Crippen molar-refractivity contribution in [3.05, 3.63) is 94.1 Å². The Morgan fingerprint density at radius 3 is 2.51 bits per heavy atom. The van der Waals surface area contributed by atoms with Crippen LogP contribution in [0, 0.1) is 0 Å². The first kappa shape index (κ1) is 22.3. The van der Waals surface area contributed by atoms with Gasteiger partial charge in [0.25, 0.3) is 5.91 Å². The molecule has 6 rings (SSSR count). The summed E-state index contributed by atoms with van der Waals surface area (Å²) in [6.07, 6.45) is 9.81. The molecule has 1 fully saturated rings. The molecule has 2 aromatic heterocycles. The lowest BCUT2D eigenvalue weighted by atomic mass is 9.96. The van der Waals surface area contributed by atoms with E-state index in [4.69, 9.17) is 5.10 Å². The molecule has 35 heavy (non-hydrogen) atoms. The number of fused-ring (bicyclic) bond motifs is 1. The van der Waals surface area contributed by atoms with Gasteiger partial charge in [-0.15, -0.1) is 0 Å². The van der Waals surface area contributed by atoms with Gasteiger partial charge in [-0.25, -0.2) is 4.98 Å². The van der Waals surface area contributed by atoms with Crippen molar-refractivity contribution < 1.29 is 4.79 Å². The van der Waals surface area contributed by atoms with E-state index >= 15 is 0 Å². The average molecular weight is 530 g/mol. The lowest BCUT2D eigenvalue weighted by Gasteiger charge is -2.27. The number of aromatic amines is 1. The van der Waals surface area contributed by atoms with Crippen molar-refractivity contribution in [1.29, 1.82) is 0 Å². The molecular weight excluding hydrogens is 502 g/mol. The third kappa shape index (κ3) is 4.12. The number of rotatable bonds is 7. The molecule has 7 heteroatoms. The largest absolute Gasteiger partial charge is 0.349 e. The zero-order chi connectivity index (χ0) is 23.8. The van der Waals surface area contributed by atoms with Crippen LogP contribution in [0.4, 0.5) is 0 Å². The minimum absolute atomic E-state index is 0.0916. The molecule has 2 aromatic carbocycles. The Hall–Kier alpha value is -3.19. The molecule has 1 aliphatic heterocycles. The number of aromatic nitrogens is 4. The van der Waals surface area contributed by atoms with E-state index in [0.717, 1.165) is 64.1 Å². The van der Waals surface area contributed by atoms with Gasteiger partial charge in [0.05, 0.1) is 17.8 Å². The van der Waals surface area contributed by atoms with Crippen LogP contribution < -0.4 is 0 Å². The van der Waals surface area contributed by atoms with Crippen LogP contribution in [0.1, 0.15) is 71.6 Å². The van der Waals surface area contributed by atoms with Crippen LogP contribution in [0.2, 0.25) is 0 Å². The molecule has 178 valence electrons. The molecule has 1 amide bonds. The Labute approximate surface area is 213 Å². The molecule has 0 saturated heterocycles. The average Bonchev–Trinajstić information content (AvgIpc) is 3.68. The molecule has 1 aliphatic carbocycles. The molecular formula is C28H28BrN5O. The van der Waals surface area contributed by atoms with E-state index in [9.17, 15) is 4.79 Å². The van der Waals surface area contributed by atoms with Crippen molar-refractivity contribution in [2.75, 3.05) is 6.54 Å². The first-order valence-corrected chi connectivity index (χ1v) is 13.2. The zero-order valence-corrected chi connectivity index (χ0v) is 21.1. The number of carbonyl (C=O) groups is 1. The van der Waals surface area contributed by atoms with Gasteiger partial charge in [0.15, 0.2) is 0 Å². The smallest absolute Gasteiger partial charge is 0.273 e. The number of hydrogen-bond donors (Lipinski definition) is 1. The first-order chi connectivity index (χ1) is 17.2. The number of carbonyl (C=O) groups excluding carboxylic acids is 1. The maximum atomic E-state index is 14.1. The Morgan fingerprint density at radius 2 is 1.80 bits per heavy atom. The summed E-state index contributed by atoms with van der Waals surface area (Å²) in [6, 6.07) is 18.8. The van der Waals surface area contributed by atoms with E-state index in [2.05, 4.69) is 71.9 Å². The Kier molecular flexibility index (Phi) is 6.02. The van der Waals surface area contributed by atoms with Crippen molar-refractivity contribution in [2.24, 2.45) is 0 Å². The molecule has 1 N–H and O–H groups in total. The van der Waals surface area contributed by atoms with Crippen molar-refractivity contribution in [1.82, 2.24) is 24.6 Å². The Bertz CT molecular complexity index is 1310. The number of nitrogens with one attached hydrogen (secondary N) is 1. The number of aryl methyl sites for hydroxylation is 1. The number of amides is 1. The summed E-state index contributed by atoms with van der Waals surface area (Å²) >= 11 is 3.57. The molecule has 1 atom stereocenters. The van der Waals surface area contributed by atoms with E-state index in [0.29, 0.717) is 12.6 Å². The van der Waals surface area contributed by atoms with Crippen molar-refractivity contribution in [3.8, 4) is 11.3 Å². The fourth-order valence-corrected chi connectivity index (χ4v) is 5.89. The summed E-state index contributed by atoms with van der Waals surface area (Å²) in [5.41, 5.74) is 4.94. The van der Waals surface area contributed by atoms with Gasteiger partial charge in [-0.05, 0) is 37.0 Å². The van der Waals surface area contributed by atoms with E-state index < -0.39 is 0 Å². The third-order valence-corrected chi connectivity index (χ3v) is 7.80. The summed E-state index contributed by atoms with van der Waals surface area (Å²) in [6.45, 7) is 0.661. The fourth-order valence-electron chi connectivity index (χ4n) is 5.62. The van der Waals surface area contributed by atoms with Crippen LogP contribution in [-0.2, 0) is 6.42 Å². The van der Waals surface area contributed by atoms with Gasteiger partial charge in [0, 0.05) is 41.0 Å². The van der Waals surface area contributed by atoms with E-state index in [-0.39, 0.29) is 11.9 Å². The molecule has 0 spiro atoms. The Balaban J connectivity index is 1.46. The zero-order valence-electron chi connectivity index (χ0n) is 19.5. The highest BCUT2D eigenvalue weighted by Crippen LogP contribution is 2.46. The molecule has 4 aromatic rings. The minimum atomic E-state index is -0.160. The third-order valence-electron chi connectivity index (χ3n) is 7.27. The lowest BCUT2D eigenvalue weighted by molar-refractivity contribution is 0.0733. The van der Waals surface area contributed by atoms with Crippen molar-refractivity contribution in [2.45, 2.75) is 50.6 Å². The van der Waals surface area contributed by atoms with Crippen LogP contribution in [0.5, 0.6) is 0 Å². The number of H-pyrrole nitrogens is 1. The monoisotopic (exact) mass is 529 g/mol. The van der Waals surface area contributed by atoms with Crippen molar-refractivity contribution in [3.63, 3.8) is 0 Å². The molecule has 1 saturated carbocycles. The van der Waals surface area contributed by atoms with Crippen LogP contribution in [-0.4, -0.2) is 37.1 Å². The molecule has 1 unspecified atom stereocenters. The van der Waals surface area contributed by atoms with Gasteiger partial charge in [0.1, 0.15) is 11.5 Å². The predicted molar refractivity (Wildman–Crippen MR) is 139 cm³/mol. The summed E-state index contributed by atoms with van der Waals surface area (Å²) in [7, 11) is 0. The highest BCUT2D eigenvalue weighted by molar-refractivity contribution is 9.10. The van der Waals surface area contributed by atoms with Gasteiger partial charge < -0.3 is 9.88 Å². The molecule has 6 nitrogen and oxygen atoms in total. The predicted octanol–water partition coefficient (Wildman–Crippen LogP) is 6.33. The summed E-state index contributed by atoms with van der Waals surface area (Å²) in [4.78, 5) is 23.7. The summed E-state index contributed by atoms with van der Waals surface area (Å²) < 4.78 is 3.10. The lowest BCUT2D eigenvalue weighted by Crippen LogP contribution is -2.32.